The first-order valence-electron chi connectivity index (χ1n) is 9.79. The van der Waals surface area contributed by atoms with Crippen molar-refractivity contribution in [2.45, 2.75) is 31.7 Å². The summed E-state index contributed by atoms with van der Waals surface area (Å²) >= 11 is 0. The van der Waals surface area contributed by atoms with Gasteiger partial charge in [0.15, 0.2) is 0 Å². The molecule has 30 heavy (non-hydrogen) atoms. The van der Waals surface area contributed by atoms with Crippen LogP contribution in [0.15, 0.2) is 48.5 Å². The van der Waals surface area contributed by atoms with E-state index in [4.69, 9.17) is 0 Å². The third-order valence-corrected chi connectivity index (χ3v) is 5.44. The first-order chi connectivity index (χ1) is 14.4. The van der Waals surface area contributed by atoms with E-state index in [1.54, 1.807) is 24.3 Å². The minimum Gasteiger partial charge on any atom is -0.326 e. The number of rotatable bonds is 4. The van der Waals surface area contributed by atoms with Gasteiger partial charge in [0.2, 0.25) is 11.8 Å². The molecule has 8 nitrogen and oxygen atoms in total. The minimum absolute atomic E-state index is 0.191. The predicted molar refractivity (Wildman–Crippen MR) is 111 cm³/mol. The number of urea groups is 1. The predicted octanol–water partition coefficient (Wildman–Crippen LogP) is 2.37. The van der Waals surface area contributed by atoms with Crippen molar-refractivity contribution in [3.63, 3.8) is 0 Å². The molecule has 1 atom stereocenters. The summed E-state index contributed by atoms with van der Waals surface area (Å²) in [6.45, 7) is 1.04. The van der Waals surface area contributed by atoms with Crippen LogP contribution in [-0.2, 0) is 26.3 Å². The van der Waals surface area contributed by atoms with E-state index in [0.29, 0.717) is 17.8 Å². The molecule has 154 valence electrons. The second-order valence-corrected chi connectivity index (χ2v) is 7.54. The quantitative estimate of drug-likeness (QED) is 0.678. The monoisotopic (exact) mass is 406 g/mol. The molecule has 4 rings (SSSR count). The third kappa shape index (κ3) is 3.52. The summed E-state index contributed by atoms with van der Waals surface area (Å²) in [6.07, 6.45) is 2.15. The smallest absolute Gasteiger partial charge is 0.325 e. The van der Waals surface area contributed by atoms with Gasteiger partial charge in [0, 0.05) is 18.3 Å². The maximum atomic E-state index is 13.2. The van der Waals surface area contributed by atoms with Gasteiger partial charge >= 0.3 is 6.03 Å². The Bertz CT molecular complexity index is 1030. The highest BCUT2D eigenvalue weighted by Gasteiger charge is 2.54. The van der Waals surface area contributed by atoms with Crippen molar-refractivity contribution < 1.29 is 19.2 Å². The van der Waals surface area contributed by atoms with E-state index in [1.165, 1.54) is 6.92 Å². The van der Waals surface area contributed by atoms with Gasteiger partial charge in [-0.25, -0.2) is 4.79 Å². The zero-order valence-electron chi connectivity index (χ0n) is 16.5. The molecule has 1 aliphatic carbocycles. The van der Waals surface area contributed by atoms with Gasteiger partial charge in [0.1, 0.15) is 12.1 Å². The van der Waals surface area contributed by atoms with Crippen molar-refractivity contribution in [3.8, 4) is 0 Å². The first kappa shape index (κ1) is 19.6. The molecule has 1 fully saturated rings. The van der Waals surface area contributed by atoms with Crippen molar-refractivity contribution >= 4 is 35.1 Å². The third-order valence-electron chi connectivity index (χ3n) is 5.44. The number of nitrogens with one attached hydrogen (secondary N) is 3. The van der Waals surface area contributed by atoms with E-state index in [9.17, 15) is 19.2 Å². The van der Waals surface area contributed by atoms with Crippen molar-refractivity contribution in [3.05, 3.63) is 59.7 Å². The maximum absolute atomic E-state index is 13.2. The number of amides is 5. The molecule has 1 aliphatic heterocycles. The molecule has 0 aromatic heterocycles. The highest BCUT2D eigenvalue weighted by Crippen LogP contribution is 2.39. The minimum atomic E-state index is -1.09. The normalized spacial score (nSPS) is 20.0. The van der Waals surface area contributed by atoms with Crippen LogP contribution in [0.2, 0.25) is 0 Å². The number of carbonyl (C=O) groups is 4. The fourth-order valence-corrected chi connectivity index (χ4v) is 4.14. The first-order valence-corrected chi connectivity index (χ1v) is 9.79. The molecule has 1 saturated heterocycles. The number of anilines is 2. The van der Waals surface area contributed by atoms with E-state index in [0.717, 1.165) is 28.9 Å². The Balaban J connectivity index is 1.47. The Kier molecular flexibility index (Phi) is 4.99. The highest BCUT2D eigenvalue weighted by molar-refractivity contribution is 6.10. The van der Waals surface area contributed by atoms with Gasteiger partial charge in [-0.15, -0.1) is 0 Å². The Morgan fingerprint density at radius 1 is 1.03 bits per heavy atom. The fraction of sp³-hybridized carbons (Fsp3) is 0.273. The molecular formula is C22H22N4O4. The van der Waals surface area contributed by atoms with Crippen LogP contribution < -0.4 is 16.0 Å². The summed E-state index contributed by atoms with van der Waals surface area (Å²) in [4.78, 5) is 50.3. The largest absolute Gasteiger partial charge is 0.326 e. The van der Waals surface area contributed by atoms with Crippen LogP contribution in [0, 0.1) is 0 Å². The molecule has 2 aliphatic rings. The molecule has 2 aromatic rings. The Morgan fingerprint density at radius 3 is 2.40 bits per heavy atom. The summed E-state index contributed by atoms with van der Waals surface area (Å²) in [6, 6.07) is 13.6. The van der Waals surface area contributed by atoms with Crippen molar-refractivity contribution in [1.29, 1.82) is 0 Å². The average molecular weight is 406 g/mol. The van der Waals surface area contributed by atoms with Crippen LogP contribution in [0.4, 0.5) is 16.2 Å². The molecule has 1 spiro atoms. The van der Waals surface area contributed by atoms with Crippen molar-refractivity contribution in [2.24, 2.45) is 0 Å². The van der Waals surface area contributed by atoms with Gasteiger partial charge in [-0.1, -0.05) is 24.3 Å². The number of hydrogen-bond acceptors (Lipinski definition) is 4. The molecule has 2 aromatic carbocycles. The molecule has 8 heteroatoms. The standard InChI is InChI=1S/C22H22N4O4/c1-14(27)23-16-8-10-17(11-9-16)24-19(28)13-26-20(29)22(25-21(26)30)12-4-6-15-5-2-3-7-18(15)22/h2-3,5,7-11H,4,6,12-13H2,1H3,(H,23,27)(H,24,28)(H,25,30)/t22-/m0/s1. The second kappa shape index (κ2) is 7.62. The van der Waals surface area contributed by atoms with Crippen LogP contribution in [0.5, 0.6) is 0 Å². The van der Waals surface area contributed by atoms with Crippen LogP contribution >= 0.6 is 0 Å². The van der Waals surface area contributed by atoms with Crippen LogP contribution in [0.3, 0.4) is 0 Å². The molecule has 3 N–H and O–H groups in total. The highest BCUT2D eigenvalue weighted by atomic mass is 16.2. The molecular weight excluding hydrogens is 384 g/mol. The van der Waals surface area contributed by atoms with Crippen molar-refractivity contribution in [2.75, 3.05) is 17.2 Å². The van der Waals surface area contributed by atoms with Gasteiger partial charge in [-0.05, 0) is 54.7 Å². The Hall–Kier alpha value is -3.68. The van der Waals surface area contributed by atoms with Crippen molar-refractivity contribution in [1.82, 2.24) is 10.2 Å². The Labute approximate surface area is 173 Å². The molecule has 0 saturated carbocycles. The number of benzene rings is 2. The number of imide groups is 1. The summed E-state index contributed by atoms with van der Waals surface area (Å²) in [5, 5.41) is 8.15. The molecule has 0 bridgehead atoms. The van der Waals surface area contributed by atoms with E-state index >= 15 is 0 Å². The average Bonchev–Trinajstić information content (AvgIpc) is 2.94. The zero-order chi connectivity index (χ0) is 21.3. The maximum Gasteiger partial charge on any atom is 0.325 e. The molecule has 0 radical (unpaired) electrons. The molecule has 5 amide bonds. The Morgan fingerprint density at radius 2 is 1.70 bits per heavy atom. The van der Waals surface area contributed by atoms with Gasteiger partial charge in [0.25, 0.3) is 5.91 Å². The lowest BCUT2D eigenvalue weighted by atomic mass is 9.76. The summed E-state index contributed by atoms with van der Waals surface area (Å²) < 4.78 is 0. The number of aryl methyl sites for hydroxylation is 1. The lowest BCUT2D eigenvalue weighted by Crippen LogP contribution is -2.47. The second-order valence-electron chi connectivity index (χ2n) is 7.54. The number of nitrogens with zero attached hydrogens (tertiary/aromatic N) is 1. The summed E-state index contributed by atoms with van der Waals surface area (Å²) in [5.74, 6) is -1.06. The van der Waals surface area contributed by atoms with Gasteiger partial charge < -0.3 is 16.0 Å². The molecule has 1 heterocycles. The lowest BCUT2D eigenvalue weighted by molar-refractivity contribution is -0.134. The number of hydrogen-bond donors (Lipinski definition) is 3. The van der Waals surface area contributed by atoms with E-state index in [2.05, 4.69) is 16.0 Å². The van der Waals surface area contributed by atoms with E-state index in [-0.39, 0.29) is 12.5 Å². The SMILES string of the molecule is CC(=O)Nc1ccc(NC(=O)CN2C(=O)N[C@]3(CCCc4ccccc43)C2=O)cc1. The van der Waals surface area contributed by atoms with Crippen LogP contribution in [0.25, 0.3) is 0 Å². The molecule has 0 unspecified atom stereocenters. The van der Waals surface area contributed by atoms with Crippen LogP contribution in [0.1, 0.15) is 30.9 Å². The summed E-state index contributed by atoms with van der Waals surface area (Å²) in [5.41, 5.74) is 1.87. The topological polar surface area (TPSA) is 108 Å². The number of fused-ring (bicyclic) bond motifs is 2. The zero-order valence-corrected chi connectivity index (χ0v) is 16.5. The lowest BCUT2D eigenvalue weighted by Gasteiger charge is -2.33. The fourth-order valence-electron chi connectivity index (χ4n) is 4.14. The van der Waals surface area contributed by atoms with Gasteiger partial charge in [-0.3, -0.25) is 19.3 Å². The van der Waals surface area contributed by atoms with Gasteiger partial charge in [-0.2, -0.15) is 0 Å². The van der Waals surface area contributed by atoms with Crippen LogP contribution in [-0.4, -0.2) is 35.2 Å². The van der Waals surface area contributed by atoms with E-state index in [1.807, 2.05) is 24.3 Å². The summed E-state index contributed by atoms with van der Waals surface area (Å²) in [7, 11) is 0. The van der Waals surface area contributed by atoms with Gasteiger partial charge in [0.05, 0.1) is 0 Å². The number of carbonyl (C=O) groups excluding carboxylic acids is 4. The van der Waals surface area contributed by atoms with E-state index < -0.39 is 23.4 Å².